The Hall–Kier alpha value is -1.36. The van der Waals surface area contributed by atoms with E-state index in [9.17, 15) is 4.79 Å². The predicted octanol–water partition coefficient (Wildman–Crippen LogP) is 1.19. The van der Waals surface area contributed by atoms with Crippen molar-refractivity contribution in [3.05, 3.63) is 11.8 Å². The fourth-order valence-corrected chi connectivity index (χ4v) is 2.39. The smallest absolute Gasteiger partial charge is 0.226 e. The van der Waals surface area contributed by atoms with Crippen molar-refractivity contribution in [3.63, 3.8) is 0 Å². The molecule has 1 aliphatic carbocycles. The van der Waals surface area contributed by atoms with Crippen molar-refractivity contribution in [1.82, 2.24) is 9.78 Å². The molecule has 1 aromatic heterocycles. The van der Waals surface area contributed by atoms with Crippen molar-refractivity contribution < 1.29 is 4.79 Å². The Balaban J connectivity index is 1.95. The monoisotopic (exact) mass is 236 g/mol. The number of nitrogens with zero attached hydrogens (tertiary/aromatic N) is 2. The summed E-state index contributed by atoms with van der Waals surface area (Å²) in [6.45, 7) is 2.51. The molecule has 0 unspecified atom stereocenters. The Labute approximate surface area is 101 Å². The second-order valence-corrected chi connectivity index (χ2v) is 5.08. The molecule has 1 fully saturated rings. The molecular weight excluding hydrogens is 216 g/mol. The van der Waals surface area contributed by atoms with Gasteiger partial charge >= 0.3 is 0 Å². The molecule has 1 heterocycles. The Bertz CT molecular complexity index is 415. The summed E-state index contributed by atoms with van der Waals surface area (Å²) >= 11 is 0. The molecule has 1 amide bonds. The maximum absolute atomic E-state index is 11.9. The van der Waals surface area contributed by atoms with E-state index in [2.05, 4.69) is 10.4 Å². The number of aryl methyl sites for hydroxylation is 2. The lowest BCUT2D eigenvalue weighted by Crippen LogP contribution is -2.40. The first-order valence-corrected chi connectivity index (χ1v) is 6.05. The molecule has 0 bridgehead atoms. The van der Waals surface area contributed by atoms with Crippen molar-refractivity contribution in [1.29, 1.82) is 0 Å². The Morgan fingerprint density at radius 1 is 1.65 bits per heavy atom. The summed E-state index contributed by atoms with van der Waals surface area (Å²) < 4.78 is 1.68. The number of amides is 1. The summed E-state index contributed by atoms with van der Waals surface area (Å²) in [4.78, 5) is 11.9. The third kappa shape index (κ3) is 2.49. The molecule has 0 saturated heterocycles. The summed E-state index contributed by atoms with van der Waals surface area (Å²) in [6.07, 6.45) is 3.85. The van der Waals surface area contributed by atoms with Gasteiger partial charge in [0.2, 0.25) is 5.91 Å². The van der Waals surface area contributed by atoms with E-state index in [4.69, 9.17) is 5.73 Å². The van der Waals surface area contributed by atoms with Gasteiger partial charge in [0.25, 0.3) is 0 Å². The van der Waals surface area contributed by atoms with Crippen LogP contribution < -0.4 is 11.1 Å². The summed E-state index contributed by atoms with van der Waals surface area (Å²) in [6, 6.07) is 1.87. The van der Waals surface area contributed by atoms with E-state index in [0.29, 0.717) is 13.0 Å². The van der Waals surface area contributed by atoms with E-state index in [-0.39, 0.29) is 11.3 Å². The van der Waals surface area contributed by atoms with Gasteiger partial charge in [-0.2, -0.15) is 5.10 Å². The second-order valence-electron chi connectivity index (χ2n) is 5.08. The summed E-state index contributed by atoms with van der Waals surface area (Å²) in [5, 5.41) is 7.09. The highest BCUT2D eigenvalue weighted by atomic mass is 16.1. The molecule has 3 N–H and O–H groups in total. The third-order valence-electron chi connectivity index (χ3n) is 3.65. The van der Waals surface area contributed by atoms with Crippen LogP contribution in [-0.4, -0.2) is 22.2 Å². The fourth-order valence-electron chi connectivity index (χ4n) is 2.39. The molecule has 1 aromatic rings. The normalized spacial score (nSPS) is 17.6. The molecule has 94 valence electrons. The maximum atomic E-state index is 11.9. The van der Waals surface area contributed by atoms with Crippen LogP contribution in [0.3, 0.4) is 0 Å². The molecule has 5 heteroatoms. The van der Waals surface area contributed by atoms with Crippen molar-refractivity contribution in [2.75, 3.05) is 11.9 Å². The van der Waals surface area contributed by atoms with E-state index in [1.165, 1.54) is 6.42 Å². The van der Waals surface area contributed by atoms with E-state index >= 15 is 0 Å². The van der Waals surface area contributed by atoms with Gasteiger partial charge < -0.3 is 11.1 Å². The van der Waals surface area contributed by atoms with Crippen LogP contribution in [0.2, 0.25) is 0 Å². The first kappa shape index (κ1) is 12.1. The number of hydrogen-bond donors (Lipinski definition) is 2. The van der Waals surface area contributed by atoms with Gasteiger partial charge in [-0.25, -0.2) is 0 Å². The van der Waals surface area contributed by atoms with Crippen molar-refractivity contribution >= 4 is 11.7 Å². The van der Waals surface area contributed by atoms with Gasteiger partial charge in [0.15, 0.2) is 0 Å². The fraction of sp³-hybridized carbons (Fsp3) is 0.667. The lowest BCUT2D eigenvalue weighted by molar-refractivity contribution is -0.119. The Morgan fingerprint density at radius 3 is 2.76 bits per heavy atom. The molecule has 0 spiro atoms. The quantitative estimate of drug-likeness (QED) is 0.824. The standard InChI is InChI=1S/C12H20N4O/c1-9-6-10(16(2)15-9)14-11(17)7-12(8-13)4-3-5-12/h6H,3-5,7-8,13H2,1-2H3,(H,14,17). The average Bonchev–Trinajstić information content (AvgIpc) is 2.51. The predicted molar refractivity (Wildman–Crippen MR) is 66.5 cm³/mol. The highest BCUT2D eigenvalue weighted by Gasteiger charge is 2.37. The molecule has 0 aromatic carbocycles. The van der Waals surface area contributed by atoms with Crippen LogP contribution in [0.25, 0.3) is 0 Å². The molecule has 1 aliphatic rings. The van der Waals surface area contributed by atoms with E-state index in [1.54, 1.807) is 4.68 Å². The zero-order valence-electron chi connectivity index (χ0n) is 10.5. The number of carbonyl (C=O) groups excluding carboxylic acids is 1. The molecule has 0 atom stereocenters. The SMILES string of the molecule is Cc1cc(NC(=O)CC2(CN)CCC2)n(C)n1. The third-order valence-corrected chi connectivity index (χ3v) is 3.65. The van der Waals surface area contributed by atoms with Gasteiger partial charge in [0.1, 0.15) is 5.82 Å². The number of nitrogens with two attached hydrogens (primary N) is 1. The molecule has 1 saturated carbocycles. The highest BCUT2D eigenvalue weighted by Crippen LogP contribution is 2.42. The van der Waals surface area contributed by atoms with Crippen molar-refractivity contribution in [2.24, 2.45) is 18.2 Å². The van der Waals surface area contributed by atoms with E-state index in [0.717, 1.165) is 24.4 Å². The van der Waals surface area contributed by atoms with Crippen LogP contribution in [0, 0.1) is 12.3 Å². The molecule has 2 rings (SSSR count). The number of anilines is 1. The number of hydrogen-bond acceptors (Lipinski definition) is 3. The van der Waals surface area contributed by atoms with Crippen molar-refractivity contribution in [3.8, 4) is 0 Å². The summed E-state index contributed by atoms with van der Waals surface area (Å²) in [5.74, 6) is 0.789. The van der Waals surface area contributed by atoms with Gasteiger partial charge in [0.05, 0.1) is 5.69 Å². The van der Waals surface area contributed by atoms with Gasteiger partial charge in [-0.3, -0.25) is 9.48 Å². The molecule has 0 radical (unpaired) electrons. The topological polar surface area (TPSA) is 72.9 Å². The van der Waals surface area contributed by atoms with Crippen molar-refractivity contribution in [2.45, 2.75) is 32.6 Å². The minimum absolute atomic E-state index is 0.0400. The molecule has 5 nitrogen and oxygen atoms in total. The zero-order valence-corrected chi connectivity index (χ0v) is 10.5. The maximum Gasteiger partial charge on any atom is 0.226 e. The largest absolute Gasteiger partial charge is 0.330 e. The molecule has 0 aliphatic heterocycles. The van der Waals surface area contributed by atoms with E-state index in [1.807, 2.05) is 20.0 Å². The number of rotatable bonds is 4. The van der Waals surface area contributed by atoms with Crippen LogP contribution >= 0.6 is 0 Å². The average molecular weight is 236 g/mol. The van der Waals surface area contributed by atoms with Crippen LogP contribution in [0.4, 0.5) is 5.82 Å². The first-order chi connectivity index (χ1) is 8.04. The lowest BCUT2D eigenvalue weighted by atomic mass is 9.66. The van der Waals surface area contributed by atoms with Gasteiger partial charge in [-0.1, -0.05) is 6.42 Å². The van der Waals surface area contributed by atoms with Crippen LogP contribution in [0.5, 0.6) is 0 Å². The lowest BCUT2D eigenvalue weighted by Gasteiger charge is -2.40. The van der Waals surface area contributed by atoms with Crippen LogP contribution in [0.1, 0.15) is 31.4 Å². The van der Waals surface area contributed by atoms with E-state index < -0.39 is 0 Å². The van der Waals surface area contributed by atoms with Gasteiger partial charge in [-0.15, -0.1) is 0 Å². The van der Waals surface area contributed by atoms with Crippen LogP contribution in [0.15, 0.2) is 6.07 Å². The van der Waals surface area contributed by atoms with Crippen LogP contribution in [-0.2, 0) is 11.8 Å². The minimum Gasteiger partial charge on any atom is -0.330 e. The summed E-state index contributed by atoms with van der Waals surface area (Å²) in [5.41, 5.74) is 6.70. The van der Waals surface area contributed by atoms with Gasteiger partial charge in [0, 0.05) is 19.5 Å². The minimum atomic E-state index is 0.0400. The molecule has 17 heavy (non-hydrogen) atoms. The number of aromatic nitrogens is 2. The Kier molecular flexibility index (Phi) is 3.19. The molecular formula is C12H20N4O. The number of nitrogens with one attached hydrogen (secondary N) is 1. The first-order valence-electron chi connectivity index (χ1n) is 6.05. The zero-order chi connectivity index (χ0) is 12.5. The second kappa shape index (κ2) is 4.49. The number of carbonyl (C=O) groups is 1. The Morgan fingerprint density at radius 2 is 2.35 bits per heavy atom. The highest BCUT2D eigenvalue weighted by molar-refractivity contribution is 5.90. The van der Waals surface area contributed by atoms with Gasteiger partial charge in [-0.05, 0) is 31.7 Å². The summed E-state index contributed by atoms with van der Waals surface area (Å²) in [7, 11) is 1.82.